The van der Waals surface area contributed by atoms with Crippen LogP contribution in [0.2, 0.25) is 0 Å². The second kappa shape index (κ2) is 4.91. The van der Waals surface area contributed by atoms with Gasteiger partial charge in [0.15, 0.2) is 0 Å². The topological polar surface area (TPSA) is 84.6 Å². The number of nitrogens with one attached hydrogen (secondary N) is 2. The minimum atomic E-state index is -0.198. The summed E-state index contributed by atoms with van der Waals surface area (Å²) in [5.41, 5.74) is 2.73. The fourth-order valence-electron chi connectivity index (χ4n) is 1.72. The van der Waals surface area contributed by atoms with Gasteiger partial charge in [0.1, 0.15) is 17.7 Å². The molecule has 1 unspecified atom stereocenters. The number of rotatable bonds is 5. The molecule has 2 aromatic heterocycles. The van der Waals surface area contributed by atoms with Gasteiger partial charge in [0, 0.05) is 31.3 Å². The van der Waals surface area contributed by atoms with Crippen molar-refractivity contribution in [2.75, 3.05) is 0 Å². The van der Waals surface area contributed by atoms with Crippen molar-refractivity contribution in [1.82, 2.24) is 24.9 Å². The van der Waals surface area contributed by atoms with Crippen molar-refractivity contribution in [3.63, 3.8) is 0 Å². The van der Waals surface area contributed by atoms with Crippen LogP contribution in [0.15, 0.2) is 24.8 Å². The van der Waals surface area contributed by atoms with Gasteiger partial charge in [-0.15, -0.1) is 0 Å². The zero-order valence-electron chi connectivity index (χ0n) is 9.22. The number of hydrazine groups is 1. The Morgan fingerprint density at radius 1 is 1.50 bits per heavy atom. The quantitative estimate of drug-likeness (QED) is 0.508. The first-order valence-electron chi connectivity index (χ1n) is 5.33. The Hall–Kier alpha value is -1.66. The summed E-state index contributed by atoms with van der Waals surface area (Å²) in [5.74, 6) is 7.20. The fraction of sp³-hybridized carbons (Fsp3) is 0.400. The van der Waals surface area contributed by atoms with Gasteiger partial charge in [-0.2, -0.15) is 0 Å². The SMILES string of the molecule is CCCn1ccnc1C(NN)c1ncc[nH]1. The molecule has 86 valence electrons. The van der Waals surface area contributed by atoms with Gasteiger partial charge in [-0.05, 0) is 6.42 Å². The summed E-state index contributed by atoms with van der Waals surface area (Å²) < 4.78 is 2.08. The summed E-state index contributed by atoms with van der Waals surface area (Å²) in [6, 6.07) is -0.198. The van der Waals surface area contributed by atoms with E-state index < -0.39 is 0 Å². The third-order valence-electron chi connectivity index (χ3n) is 2.43. The third-order valence-corrected chi connectivity index (χ3v) is 2.43. The average molecular weight is 220 g/mol. The zero-order chi connectivity index (χ0) is 11.4. The smallest absolute Gasteiger partial charge is 0.137 e. The van der Waals surface area contributed by atoms with E-state index in [0.717, 1.165) is 24.6 Å². The van der Waals surface area contributed by atoms with Gasteiger partial charge < -0.3 is 9.55 Å². The van der Waals surface area contributed by atoms with Gasteiger partial charge in [0.2, 0.25) is 0 Å². The Kier molecular flexibility index (Phi) is 3.33. The van der Waals surface area contributed by atoms with Crippen LogP contribution in [0.4, 0.5) is 0 Å². The van der Waals surface area contributed by atoms with Gasteiger partial charge in [-0.25, -0.2) is 15.4 Å². The predicted molar refractivity (Wildman–Crippen MR) is 60.3 cm³/mol. The summed E-state index contributed by atoms with van der Waals surface area (Å²) in [5, 5.41) is 0. The van der Waals surface area contributed by atoms with E-state index in [2.05, 4.69) is 31.9 Å². The highest BCUT2D eigenvalue weighted by molar-refractivity contribution is 5.11. The maximum absolute atomic E-state index is 5.56. The normalized spacial score (nSPS) is 12.9. The van der Waals surface area contributed by atoms with Crippen molar-refractivity contribution in [2.24, 2.45) is 5.84 Å². The van der Waals surface area contributed by atoms with Crippen molar-refractivity contribution in [3.05, 3.63) is 36.4 Å². The number of aryl methyl sites for hydroxylation is 1. The minimum Gasteiger partial charge on any atom is -0.347 e. The van der Waals surface area contributed by atoms with E-state index in [9.17, 15) is 0 Å². The van der Waals surface area contributed by atoms with Gasteiger partial charge >= 0.3 is 0 Å². The number of hydrogen-bond acceptors (Lipinski definition) is 4. The van der Waals surface area contributed by atoms with Crippen LogP contribution in [0.3, 0.4) is 0 Å². The molecule has 2 aromatic rings. The molecular formula is C10H16N6. The molecule has 0 fully saturated rings. The molecule has 6 nitrogen and oxygen atoms in total. The van der Waals surface area contributed by atoms with Gasteiger partial charge in [0.05, 0.1) is 0 Å². The minimum absolute atomic E-state index is 0.198. The van der Waals surface area contributed by atoms with Gasteiger partial charge in [-0.1, -0.05) is 6.92 Å². The molecule has 16 heavy (non-hydrogen) atoms. The summed E-state index contributed by atoms with van der Waals surface area (Å²) >= 11 is 0. The summed E-state index contributed by atoms with van der Waals surface area (Å²) in [7, 11) is 0. The van der Waals surface area contributed by atoms with E-state index in [-0.39, 0.29) is 6.04 Å². The van der Waals surface area contributed by atoms with Crippen LogP contribution in [0.1, 0.15) is 31.0 Å². The van der Waals surface area contributed by atoms with Crippen LogP contribution in [-0.2, 0) is 6.54 Å². The standard InChI is InChI=1S/C10H16N6/c1-2-6-16-7-5-14-10(16)8(15-11)9-12-3-4-13-9/h3-5,7-8,15H,2,6,11H2,1H3,(H,12,13). The first kappa shape index (κ1) is 10.8. The molecule has 0 saturated heterocycles. The molecule has 0 aliphatic carbocycles. The van der Waals surface area contributed by atoms with E-state index in [1.165, 1.54) is 0 Å². The van der Waals surface area contributed by atoms with Gasteiger partial charge in [-0.3, -0.25) is 5.84 Å². The molecule has 0 aliphatic rings. The first-order chi connectivity index (χ1) is 7.86. The van der Waals surface area contributed by atoms with Crippen LogP contribution in [0.5, 0.6) is 0 Å². The summed E-state index contributed by atoms with van der Waals surface area (Å²) in [6.45, 7) is 3.05. The number of nitrogens with two attached hydrogens (primary N) is 1. The second-order valence-electron chi connectivity index (χ2n) is 3.55. The maximum Gasteiger partial charge on any atom is 0.137 e. The van der Waals surface area contributed by atoms with Crippen LogP contribution in [0.25, 0.3) is 0 Å². The molecule has 6 heteroatoms. The lowest BCUT2D eigenvalue weighted by Crippen LogP contribution is -2.32. The molecule has 0 amide bonds. The lowest BCUT2D eigenvalue weighted by molar-refractivity contribution is 0.529. The number of H-pyrrole nitrogens is 1. The van der Waals surface area contributed by atoms with Gasteiger partial charge in [0.25, 0.3) is 0 Å². The van der Waals surface area contributed by atoms with Crippen molar-refractivity contribution in [1.29, 1.82) is 0 Å². The van der Waals surface area contributed by atoms with Crippen molar-refractivity contribution in [2.45, 2.75) is 25.9 Å². The Morgan fingerprint density at radius 2 is 2.38 bits per heavy atom. The molecule has 0 bridgehead atoms. The van der Waals surface area contributed by atoms with Crippen molar-refractivity contribution in [3.8, 4) is 0 Å². The number of hydrogen-bond donors (Lipinski definition) is 3. The van der Waals surface area contributed by atoms with Crippen LogP contribution >= 0.6 is 0 Å². The van der Waals surface area contributed by atoms with E-state index in [4.69, 9.17) is 5.84 Å². The molecule has 0 radical (unpaired) electrons. The highest BCUT2D eigenvalue weighted by Crippen LogP contribution is 2.16. The molecule has 2 rings (SSSR count). The number of nitrogens with zero attached hydrogens (tertiary/aromatic N) is 3. The molecule has 0 spiro atoms. The van der Waals surface area contributed by atoms with Crippen molar-refractivity contribution >= 4 is 0 Å². The van der Waals surface area contributed by atoms with Crippen molar-refractivity contribution < 1.29 is 0 Å². The summed E-state index contributed by atoms with van der Waals surface area (Å²) in [6.07, 6.45) is 8.25. The monoisotopic (exact) mass is 220 g/mol. The first-order valence-corrected chi connectivity index (χ1v) is 5.33. The Labute approximate surface area is 93.9 Å². The fourth-order valence-corrected chi connectivity index (χ4v) is 1.72. The molecule has 4 N–H and O–H groups in total. The van der Waals surface area contributed by atoms with Crippen LogP contribution in [-0.4, -0.2) is 19.5 Å². The van der Waals surface area contributed by atoms with Crippen LogP contribution in [0, 0.1) is 0 Å². The molecule has 2 heterocycles. The van der Waals surface area contributed by atoms with E-state index in [1.54, 1.807) is 18.6 Å². The highest BCUT2D eigenvalue weighted by Gasteiger charge is 2.19. The van der Waals surface area contributed by atoms with E-state index in [0.29, 0.717) is 0 Å². The molecule has 0 saturated carbocycles. The molecule has 0 aromatic carbocycles. The average Bonchev–Trinajstić information content (AvgIpc) is 2.92. The Balaban J connectivity index is 2.30. The maximum atomic E-state index is 5.56. The molecule has 1 atom stereocenters. The lowest BCUT2D eigenvalue weighted by atomic mass is 10.2. The third kappa shape index (κ3) is 1.98. The Bertz CT molecular complexity index is 418. The lowest BCUT2D eigenvalue weighted by Gasteiger charge is -2.14. The second-order valence-corrected chi connectivity index (χ2v) is 3.55. The number of aromatic nitrogens is 4. The summed E-state index contributed by atoms with van der Waals surface area (Å²) in [4.78, 5) is 11.6. The number of aromatic amines is 1. The zero-order valence-corrected chi connectivity index (χ0v) is 9.22. The van der Waals surface area contributed by atoms with E-state index in [1.807, 2.05) is 6.20 Å². The van der Waals surface area contributed by atoms with E-state index >= 15 is 0 Å². The molecule has 0 aliphatic heterocycles. The predicted octanol–water partition coefficient (Wildman–Crippen LogP) is 0.569. The largest absolute Gasteiger partial charge is 0.347 e. The number of imidazole rings is 2. The van der Waals surface area contributed by atoms with Crippen LogP contribution < -0.4 is 11.3 Å². The Morgan fingerprint density at radius 3 is 3.00 bits per heavy atom. The highest BCUT2D eigenvalue weighted by atomic mass is 15.3. The molecular weight excluding hydrogens is 204 g/mol.